The van der Waals surface area contributed by atoms with E-state index in [0.717, 1.165) is 19.5 Å². The number of fused-ring (bicyclic) bond motifs is 2. The van der Waals surface area contributed by atoms with Crippen LogP contribution in [0.5, 0.6) is 0 Å². The smallest absolute Gasteiger partial charge is 0.0585 e. The van der Waals surface area contributed by atoms with Crippen LogP contribution in [0.1, 0.15) is 25.0 Å². The van der Waals surface area contributed by atoms with Crippen molar-refractivity contribution in [1.29, 1.82) is 0 Å². The maximum atomic E-state index is 5.72. The molecule has 1 heterocycles. The number of rotatable bonds is 3. The van der Waals surface area contributed by atoms with Crippen LogP contribution in [0, 0.1) is 13.8 Å². The molecule has 3 heteroatoms. The molecule has 2 aromatic carbocycles. The summed E-state index contributed by atoms with van der Waals surface area (Å²) in [6, 6.07) is 13.1. The van der Waals surface area contributed by atoms with Crippen LogP contribution in [0.3, 0.4) is 0 Å². The van der Waals surface area contributed by atoms with E-state index in [0.29, 0.717) is 0 Å². The molecule has 0 aromatic heterocycles. The van der Waals surface area contributed by atoms with E-state index in [2.05, 4.69) is 55.1 Å². The number of anilines is 2. The maximum Gasteiger partial charge on any atom is 0.0585 e. The van der Waals surface area contributed by atoms with Crippen LogP contribution in [0.4, 0.5) is 11.4 Å². The molecule has 0 bridgehead atoms. The van der Waals surface area contributed by atoms with Gasteiger partial charge in [0.2, 0.25) is 0 Å². The number of benzene rings is 2. The predicted molar refractivity (Wildman–Crippen MR) is 93.9 cm³/mol. The van der Waals surface area contributed by atoms with E-state index >= 15 is 0 Å². The minimum atomic E-state index is 0. The number of nitrogens with zero attached hydrogens (tertiary/aromatic N) is 1. The highest BCUT2D eigenvalue weighted by atomic mass is 32.2. The second kappa shape index (κ2) is 6.54. The van der Waals surface area contributed by atoms with Gasteiger partial charge in [-0.1, -0.05) is 37.4 Å². The molecule has 0 unspecified atom stereocenters. The average molecular weight is 300 g/mol. The maximum absolute atomic E-state index is 5.72. The van der Waals surface area contributed by atoms with E-state index in [4.69, 9.17) is 5.73 Å². The monoisotopic (exact) mass is 300 g/mol. The van der Waals surface area contributed by atoms with Gasteiger partial charge < -0.3 is 10.6 Å². The third-order valence-electron chi connectivity index (χ3n) is 3.90. The molecular formula is C18H24N2S. The molecule has 0 saturated carbocycles. The Morgan fingerprint density at radius 1 is 1.05 bits per heavy atom. The van der Waals surface area contributed by atoms with Gasteiger partial charge in [-0.05, 0) is 56.1 Å². The zero-order valence-electron chi connectivity index (χ0n) is 12.0. The van der Waals surface area contributed by atoms with Crippen molar-refractivity contribution in [3.05, 3.63) is 47.5 Å². The molecule has 0 aliphatic carbocycles. The first kappa shape index (κ1) is 15.9. The fourth-order valence-electron chi connectivity index (χ4n) is 2.68. The van der Waals surface area contributed by atoms with Crippen molar-refractivity contribution in [3.63, 3.8) is 0 Å². The minimum Gasteiger partial charge on any atom is -0.339 e. The Morgan fingerprint density at radius 3 is 2.57 bits per heavy atom. The molecule has 0 radical (unpaired) electrons. The molecule has 2 N–H and O–H groups in total. The molecule has 1 aliphatic rings. The molecule has 21 heavy (non-hydrogen) atoms. The van der Waals surface area contributed by atoms with Crippen molar-refractivity contribution < 1.29 is 0 Å². The van der Waals surface area contributed by atoms with Crippen molar-refractivity contribution in [1.82, 2.24) is 0 Å². The summed E-state index contributed by atoms with van der Waals surface area (Å²) in [6.07, 6.45) is 1.01. The summed E-state index contributed by atoms with van der Waals surface area (Å²) >= 11 is 1.87. The topological polar surface area (TPSA) is 29.3 Å². The Bertz CT molecular complexity index is 637. The van der Waals surface area contributed by atoms with Crippen LogP contribution in [0.25, 0.3) is 0 Å². The summed E-state index contributed by atoms with van der Waals surface area (Å²) < 4.78 is 0. The molecule has 0 saturated heterocycles. The van der Waals surface area contributed by atoms with Crippen LogP contribution >= 0.6 is 11.8 Å². The lowest BCUT2D eigenvalue weighted by Gasteiger charge is -2.34. The fraction of sp³-hybridized carbons (Fsp3) is 0.333. The minimum absolute atomic E-state index is 0. The largest absolute Gasteiger partial charge is 0.339 e. The Morgan fingerprint density at radius 2 is 1.81 bits per heavy atom. The molecule has 0 atom stereocenters. The second-order valence-electron chi connectivity index (χ2n) is 5.22. The van der Waals surface area contributed by atoms with Crippen molar-refractivity contribution in [2.24, 2.45) is 5.73 Å². The fourth-order valence-corrected chi connectivity index (χ4v) is 3.84. The third-order valence-corrected chi connectivity index (χ3v) is 5.01. The SMILES string of the molecule is C.Cc1ccc2c(c1C)N(CCCN)c1ccccc1S2. The zero-order chi connectivity index (χ0) is 14.1. The van der Waals surface area contributed by atoms with Gasteiger partial charge in [-0.15, -0.1) is 0 Å². The second-order valence-corrected chi connectivity index (χ2v) is 6.30. The van der Waals surface area contributed by atoms with Gasteiger partial charge in [-0.25, -0.2) is 0 Å². The summed E-state index contributed by atoms with van der Waals surface area (Å²) in [5.41, 5.74) is 11.1. The van der Waals surface area contributed by atoms with E-state index in [-0.39, 0.29) is 7.43 Å². The summed E-state index contributed by atoms with van der Waals surface area (Å²) in [5.74, 6) is 0. The number of hydrogen-bond donors (Lipinski definition) is 1. The first-order valence-electron chi connectivity index (χ1n) is 7.07. The molecule has 1 aliphatic heterocycles. The number of aryl methyl sites for hydroxylation is 1. The first-order chi connectivity index (χ1) is 9.72. The quantitative estimate of drug-likeness (QED) is 0.875. The number of hydrogen-bond acceptors (Lipinski definition) is 3. The average Bonchev–Trinajstić information content (AvgIpc) is 2.47. The summed E-state index contributed by atoms with van der Waals surface area (Å²) in [7, 11) is 0. The lowest BCUT2D eigenvalue weighted by Crippen LogP contribution is -2.24. The third kappa shape index (κ3) is 2.81. The van der Waals surface area contributed by atoms with Crippen LogP contribution in [0.2, 0.25) is 0 Å². The van der Waals surface area contributed by atoms with Gasteiger partial charge in [0.1, 0.15) is 0 Å². The zero-order valence-corrected chi connectivity index (χ0v) is 12.8. The van der Waals surface area contributed by atoms with E-state index in [1.807, 2.05) is 11.8 Å². The normalized spacial score (nSPS) is 12.4. The van der Waals surface area contributed by atoms with Crippen molar-refractivity contribution >= 4 is 23.1 Å². The first-order valence-corrected chi connectivity index (χ1v) is 7.88. The number of para-hydroxylation sites is 1. The van der Waals surface area contributed by atoms with Gasteiger partial charge in [-0.2, -0.15) is 0 Å². The molecule has 2 aromatic rings. The predicted octanol–water partition coefficient (Wildman–Crippen LogP) is 4.89. The molecule has 0 spiro atoms. The Hall–Kier alpha value is -1.45. The van der Waals surface area contributed by atoms with E-state index in [1.165, 1.54) is 32.3 Å². The number of nitrogens with two attached hydrogens (primary N) is 1. The lowest BCUT2D eigenvalue weighted by molar-refractivity contribution is 0.804. The highest BCUT2D eigenvalue weighted by molar-refractivity contribution is 7.99. The van der Waals surface area contributed by atoms with Gasteiger partial charge >= 0.3 is 0 Å². The van der Waals surface area contributed by atoms with Crippen LogP contribution in [-0.2, 0) is 0 Å². The van der Waals surface area contributed by atoms with Gasteiger partial charge in [-0.3, -0.25) is 0 Å². The van der Waals surface area contributed by atoms with Crippen molar-refractivity contribution in [2.75, 3.05) is 18.0 Å². The lowest BCUT2D eigenvalue weighted by atomic mass is 10.1. The van der Waals surface area contributed by atoms with Crippen LogP contribution < -0.4 is 10.6 Å². The highest BCUT2D eigenvalue weighted by Crippen LogP contribution is 2.49. The highest BCUT2D eigenvalue weighted by Gasteiger charge is 2.24. The Kier molecular flexibility index (Phi) is 4.96. The molecule has 0 amide bonds. The summed E-state index contributed by atoms with van der Waals surface area (Å²) in [4.78, 5) is 5.13. The molecule has 0 fully saturated rings. The molecule has 112 valence electrons. The standard InChI is InChI=1S/C17H20N2S.CH4/c1-12-8-9-16-17(13(12)2)19(11-5-10-18)14-6-3-4-7-15(14)20-16;/h3-4,6-9H,5,10-11,18H2,1-2H3;1H4. The Balaban J connectivity index is 0.00000161. The summed E-state index contributed by atoms with van der Waals surface area (Å²) in [6.45, 7) is 6.11. The van der Waals surface area contributed by atoms with E-state index < -0.39 is 0 Å². The van der Waals surface area contributed by atoms with Gasteiger partial charge in [0, 0.05) is 16.3 Å². The molecular weight excluding hydrogens is 276 g/mol. The van der Waals surface area contributed by atoms with Crippen LogP contribution in [0.15, 0.2) is 46.2 Å². The van der Waals surface area contributed by atoms with E-state index in [9.17, 15) is 0 Å². The summed E-state index contributed by atoms with van der Waals surface area (Å²) in [5, 5.41) is 0. The molecule has 2 nitrogen and oxygen atoms in total. The van der Waals surface area contributed by atoms with Crippen LogP contribution in [-0.4, -0.2) is 13.1 Å². The Labute approximate surface area is 132 Å². The molecule has 3 rings (SSSR count). The van der Waals surface area contributed by atoms with Gasteiger partial charge in [0.25, 0.3) is 0 Å². The van der Waals surface area contributed by atoms with Gasteiger partial charge in [0.15, 0.2) is 0 Å². The van der Waals surface area contributed by atoms with Crippen molar-refractivity contribution in [2.45, 2.75) is 37.5 Å². The van der Waals surface area contributed by atoms with E-state index in [1.54, 1.807) is 0 Å². The van der Waals surface area contributed by atoms with Gasteiger partial charge in [0.05, 0.1) is 11.4 Å². The van der Waals surface area contributed by atoms with Crippen molar-refractivity contribution in [3.8, 4) is 0 Å².